The molecular formula is C36H32BO3. The number of furan rings is 1. The van der Waals surface area contributed by atoms with Crippen LogP contribution in [0.1, 0.15) is 27.7 Å². The molecule has 0 saturated heterocycles. The van der Waals surface area contributed by atoms with Gasteiger partial charge in [-0.3, -0.25) is 0 Å². The highest BCUT2D eigenvalue weighted by molar-refractivity contribution is 6.53. The number of benzene rings is 5. The molecule has 6 rings (SSSR count). The molecule has 0 amide bonds. The lowest BCUT2D eigenvalue weighted by Crippen LogP contribution is -2.49. The second-order valence-corrected chi connectivity index (χ2v) is 11.3. The maximum absolute atomic E-state index is 10.7. The maximum Gasteiger partial charge on any atom is 0.331 e. The number of aliphatic hydroxyl groups is 1. The summed E-state index contributed by atoms with van der Waals surface area (Å²) in [6.45, 7) is 7.32. The van der Waals surface area contributed by atoms with Gasteiger partial charge in [-0.1, -0.05) is 103 Å². The number of hydrogen-bond acceptors (Lipinski definition) is 3. The van der Waals surface area contributed by atoms with Gasteiger partial charge in [-0.25, -0.2) is 0 Å². The Bertz CT molecular complexity index is 1780. The van der Waals surface area contributed by atoms with E-state index in [1.165, 1.54) is 0 Å². The minimum atomic E-state index is -1.04. The Morgan fingerprint density at radius 3 is 1.73 bits per heavy atom. The summed E-state index contributed by atoms with van der Waals surface area (Å²) >= 11 is 0. The molecule has 1 heterocycles. The van der Waals surface area contributed by atoms with E-state index in [4.69, 9.17) is 9.07 Å². The van der Waals surface area contributed by atoms with Gasteiger partial charge >= 0.3 is 7.48 Å². The molecule has 0 aliphatic carbocycles. The topological polar surface area (TPSA) is 42.6 Å². The fourth-order valence-corrected chi connectivity index (χ4v) is 4.94. The quantitative estimate of drug-likeness (QED) is 0.214. The largest absolute Gasteiger partial charge is 0.455 e. The van der Waals surface area contributed by atoms with Crippen molar-refractivity contribution in [1.29, 1.82) is 0 Å². The van der Waals surface area contributed by atoms with Gasteiger partial charge in [-0.15, -0.1) is 0 Å². The van der Waals surface area contributed by atoms with Gasteiger partial charge in [0.25, 0.3) is 0 Å². The van der Waals surface area contributed by atoms with E-state index in [0.29, 0.717) is 0 Å². The van der Waals surface area contributed by atoms with Crippen LogP contribution in [0.5, 0.6) is 0 Å². The van der Waals surface area contributed by atoms with Crippen LogP contribution in [0.3, 0.4) is 0 Å². The molecule has 1 aromatic heterocycles. The van der Waals surface area contributed by atoms with E-state index in [2.05, 4.69) is 84.9 Å². The molecular weight excluding hydrogens is 491 g/mol. The molecule has 4 heteroatoms. The number of hydrogen-bond donors (Lipinski definition) is 1. The molecule has 5 aromatic carbocycles. The summed E-state index contributed by atoms with van der Waals surface area (Å²) in [6.07, 6.45) is 0. The lowest BCUT2D eigenvalue weighted by molar-refractivity contribution is -0.0893. The van der Waals surface area contributed by atoms with Gasteiger partial charge in [0.1, 0.15) is 11.2 Å². The lowest BCUT2D eigenvalue weighted by atomic mass is 9.79. The van der Waals surface area contributed by atoms with Crippen LogP contribution >= 0.6 is 0 Å². The van der Waals surface area contributed by atoms with Gasteiger partial charge in [0.15, 0.2) is 0 Å². The predicted molar refractivity (Wildman–Crippen MR) is 167 cm³/mol. The summed E-state index contributed by atoms with van der Waals surface area (Å²) < 4.78 is 13.1. The van der Waals surface area contributed by atoms with Gasteiger partial charge in [-0.2, -0.15) is 0 Å². The van der Waals surface area contributed by atoms with Crippen molar-refractivity contribution in [2.45, 2.75) is 38.9 Å². The zero-order valence-corrected chi connectivity index (χ0v) is 23.3. The normalized spacial score (nSPS) is 12.2. The Hall–Kier alpha value is -4.12. The molecule has 0 saturated carbocycles. The minimum Gasteiger partial charge on any atom is -0.455 e. The molecule has 0 fully saturated rings. The summed E-state index contributed by atoms with van der Waals surface area (Å²) in [4.78, 5) is 0. The molecule has 0 aliphatic heterocycles. The van der Waals surface area contributed by atoms with Gasteiger partial charge in [-0.05, 0) is 67.5 Å². The third kappa shape index (κ3) is 4.74. The van der Waals surface area contributed by atoms with E-state index >= 15 is 0 Å². The van der Waals surface area contributed by atoms with Crippen molar-refractivity contribution in [3.8, 4) is 33.4 Å². The van der Waals surface area contributed by atoms with Gasteiger partial charge < -0.3 is 14.2 Å². The molecule has 40 heavy (non-hydrogen) atoms. The smallest absolute Gasteiger partial charge is 0.331 e. The van der Waals surface area contributed by atoms with Crippen molar-refractivity contribution in [2.75, 3.05) is 0 Å². The highest BCUT2D eigenvalue weighted by Gasteiger charge is 2.36. The Balaban J connectivity index is 1.66. The molecule has 0 atom stereocenters. The zero-order chi connectivity index (χ0) is 27.9. The molecule has 1 N–H and O–H groups in total. The minimum absolute atomic E-state index is 0.804. The van der Waals surface area contributed by atoms with Crippen LogP contribution in [0.15, 0.2) is 120 Å². The predicted octanol–water partition coefficient (Wildman–Crippen LogP) is 8.40. The fourth-order valence-electron chi connectivity index (χ4n) is 4.94. The van der Waals surface area contributed by atoms with Crippen molar-refractivity contribution in [3.63, 3.8) is 0 Å². The number of fused-ring (bicyclic) bond motifs is 3. The highest BCUT2D eigenvalue weighted by Crippen LogP contribution is 2.42. The number of rotatable bonds is 7. The zero-order valence-electron chi connectivity index (χ0n) is 23.3. The third-order valence-electron chi connectivity index (χ3n) is 7.98. The van der Waals surface area contributed by atoms with E-state index in [-0.39, 0.29) is 0 Å². The highest BCUT2D eigenvalue weighted by atomic mass is 16.5. The molecule has 0 bridgehead atoms. The molecule has 0 aliphatic rings. The van der Waals surface area contributed by atoms with Crippen molar-refractivity contribution < 1.29 is 14.2 Å². The van der Waals surface area contributed by atoms with E-state index in [9.17, 15) is 5.11 Å². The Morgan fingerprint density at radius 2 is 1.15 bits per heavy atom. The average Bonchev–Trinajstić information content (AvgIpc) is 3.36. The lowest BCUT2D eigenvalue weighted by Gasteiger charge is -2.37. The summed E-state index contributed by atoms with van der Waals surface area (Å²) in [5.41, 5.74) is 7.19. The van der Waals surface area contributed by atoms with E-state index in [0.717, 1.165) is 60.8 Å². The Labute approximate surface area is 236 Å². The van der Waals surface area contributed by atoms with Crippen molar-refractivity contribution >= 4 is 34.9 Å². The van der Waals surface area contributed by atoms with E-state index in [1.807, 2.05) is 44.2 Å². The van der Waals surface area contributed by atoms with E-state index in [1.54, 1.807) is 21.3 Å². The van der Waals surface area contributed by atoms with Crippen molar-refractivity contribution in [1.82, 2.24) is 0 Å². The summed E-state index contributed by atoms with van der Waals surface area (Å²) in [5, 5.41) is 12.7. The molecule has 0 spiro atoms. The molecule has 0 unspecified atom stereocenters. The van der Waals surface area contributed by atoms with Crippen LogP contribution in [0.2, 0.25) is 0 Å². The fraction of sp³-hybridized carbons (Fsp3) is 0.167. The van der Waals surface area contributed by atoms with Gasteiger partial charge in [0.05, 0.1) is 11.2 Å². The van der Waals surface area contributed by atoms with Crippen LogP contribution in [0, 0.1) is 0 Å². The van der Waals surface area contributed by atoms with Gasteiger partial charge in [0, 0.05) is 21.9 Å². The van der Waals surface area contributed by atoms with Crippen LogP contribution < -0.4 is 5.46 Å². The van der Waals surface area contributed by atoms with Crippen LogP contribution in [-0.4, -0.2) is 23.8 Å². The average molecular weight is 523 g/mol. The third-order valence-corrected chi connectivity index (χ3v) is 7.98. The first-order valence-corrected chi connectivity index (χ1v) is 13.7. The Morgan fingerprint density at radius 1 is 0.600 bits per heavy atom. The first kappa shape index (κ1) is 26.1. The maximum atomic E-state index is 10.7. The van der Waals surface area contributed by atoms with Crippen LogP contribution in [-0.2, 0) is 4.65 Å². The first-order chi connectivity index (χ1) is 19.2. The van der Waals surface area contributed by atoms with Crippen LogP contribution in [0.4, 0.5) is 0 Å². The second kappa shape index (κ2) is 10.1. The molecule has 3 nitrogen and oxygen atoms in total. The summed E-state index contributed by atoms with van der Waals surface area (Å²) in [7, 11) is 1.77. The standard InChI is InChI=1S/C36H32BO3/c1-35(2,38)36(3,4)40-37-31-21-20-28(25-16-10-6-11-17-25)34-32(31)30-23-27(24-14-8-5-9-15-24)22-29(33(30)39-34)26-18-12-7-13-19-26/h5-23,38H,1-4H3. The van der Waals surface area contributed by atoms with Crippen molar-refractivity contribution in [3.05, 3.63) is 115 Å². The Kier molecular flexibility index (Phi) is 6.62. The SMILES string of the molecule is CC(C)(O)C(C)(C)O[B]c1ccc(-c2ccccc2)c2oc3c(-c4ccccc4)cc(-c4ccccc4)cc3c12. The monoisotopic (exact) mass is 523 g/mol. The second-order valence-electron chi connectivity index (χ2n) is 11.3. The van der Waals surface area contributed by atoms with Gasteiger partial charge in [0.2, 0.25) is 0 Å². The van der Waals surface area contributed by atoms with E-state index < -0.39 is 11.2 Å². The van der Waals surface area contributed by atoms with Crippen LogP contribution in [0.25, 0.3) is 55.3 Å². The molecule has 6 aromatic rings. The first-order valence-electron chi connectivity index (χ1n) is 13.7. The van der Waals surface area contributed by atoms with Crippen molar-refractivity contribution in [2.24, 2.45) is 0 Å². The molecule has 197 valence electrons. The molecule has 1 radical (unpaired) electrons. The summed E-state index contributed by atoms with van der Waals surface area (Å²) in [6, 6.07) is 39.7. The summed E-state index contributed by atoms with van der Waals surface area (Å²) in [5.74, 6) is 0.